The molecular formula is C36H29N7O6. The van der Waals surface area contributed by atoms with E-state index in [2.05, 4.69) is 9.97 Å². The fourth-order valence-electron chi connectivity index (χ4n) is 7.24. The molecule has 7 rings (SSSR count). The molecule has 5 heterocycles. The Morgan fingerprint density at radius 2 is 1.04 bits per heavy atom. The first kappa shape index (κ1) is 31.1. The van der Waals surface area contributed by atoms with Gasteiger partial charge in [0.1, 0.15) is 10.7 Å². The van der Waals surface area contributed by atoms with Crippen molar-refractivity contribution < 1.29 is 14.8 Å². The Hall–Kier alpha value is -6.50. The number of hydrogen-bond acceptors (Lipinski definition) is 8. The molecule has 0 saturated heterocycles. The van der Waals surface area contributed by atoms with Crippen LogP contribution in [0.1, 0.15) is 44.5 Å². The average Bonchev–Trinajstić information content (AvgIpc) is 3.81. The summed E-state index contributed by atoms with van der Waals surface area (Å²) < 4.78 is 0. The van der Waals surface area contributed by atoms with E-state index in [0.29, 0.717) is 22.5 Å². The third-order valence-electron chi connectivity index (χ3n) is 8.97. The third-order valence-corrected chi connectivity index (χ3v) is 8.97. The van der Waals surface area contributed by atoms with Crippen molar-refractivity contribution >= 4 is 45.3 Å². The Bertz CT molecular complexity index is 2600. The van der Waals surface area contributed by atoms with Crippen molar-refractivity contribution in [1.29, 1.82) is 0 Å². The molecule has 8 bridgehead atoms. The number of H-pyrrole nitrogens is 2. The highest BCUT2D eigenvalue weighted by atomic mass is 16.6. The van der Waals surface area contributed by atoms with Gasteiger partial charge in [-0.3, -0.25) is 30.3 Å². The van der Waals surface area contributed by atoms with Gasteiger partial charge in [-0.1, -0.05) is 35.4 Å². The first-order valence-electron chi connectivity index (χ1n) is 15.4. The lowest BCUT2D eigenvalue weighted by Crippen LogP contribution is -2.24. The topological polar surface area (TPSA) is 186 Å². The number of hydrogen-bond donors (Lipinski definition) is 2. The van der Waals surface area contributed by atoms with E-state index in [0.717, 1.165) is 38.9 Å². The zero-order chi connectivity index (χ0) is 35.0. The molecule has 2 N–H and O–H groups in total. The zero-order valence-electron chi connectivity index (χ0n) is 27.4. The SMILES string of the molecule is Cc1cc(C)c(C2=c3[nH]c(cc3[N+](=O)[O-])=C3C=C([N+](=O)[O-])C(=N3)C(c3c(C)cc(C)cc3C)=c3[nH]c(cc3[N+](=O)[O-])=C3C=CC2=N3)c(C)c1. The number of aromatic amines is 2. The summed E-state index contributed by atoms with van der Waals surface area (Å²) in [5.74, 6) is 0. The summed E-state index contributed by atoms with van der Waals surface area (Å²) in [5.41, 5.74) is 6.69. The van der Waals surface area contributed by atoms with Crippen LogP contribution in [0.3, 0.4) is 0 Å². The smallest absolute Gasteiger partial charge is 0.297 e. The highest BCUT2D eigenvalue weighted by Crippen LogP contribution is 2.32. The second-order valence-electron chi connectivity index (χ2n) is 12.5. The number of aromatic nitrogens is 2. The Kier molecular flexibility index (Phi) is 7.01. The van der Waals surface area contributed by atoms with Crippen LogP contribution < -0.4 is 21.4 Å². The van der Waals surface area contributed by atoms with Gasteiger partial charge in [0.25, 0.3) is 17.1 Å². The number of aryl methyl sites for hydroxylation is 6. The van der Waals surface area contributed by atoms with E-state index in [1.165, 1.54) is 18.2 Å². The fraction of sp³-hybridized carbons (Fsp3) is 0.167. The minimum absolute atomic E-state index is 0.0250. The minimum atomic E-state index is -0.599. The number of nitrogens with zero attached hydrogens (tertiary/aromatic N) is 5. The minimum Gasteiger partial charge on any atom is -0.347 e. The van der Waals surface area contributed by atoms with E-state index in [9.17, 15) is 30.3 Å². The summed E-state index contributed by atoms with van der Waals surface area (Å²) >= 11 is 0. The van der Waals surface area contributed by atoms with Gasteiger partial charge in [-0.2, -0.15) is 0 Å². The number of allylic oxidation sites excluding steroid dienone is 2. The van der Waals surface area contributed by atoms with Crippen molar-refractivity contribution in [2.45, 2.75) is 41.5 Å². The fourth-order valence-corrected chi connectivity index (χ4v) is 7.24. The molecule has 0 spiro atoms. The quantitative estimate of drug-likeness (QED) is 0.242. The molecule has 0 atom stereocenters. The van der Waals surface area contributed by atoms with E-state index in [1.54, 1.807) is 12.2 Å². The highest BCUT2D eigenvalue weighted by Gasteiger charge is 2.35. The molecule has 2 aromatic heterocycles. The third kappa shape index (κ3) is 4.94. The van der Waals surface area contributed by atoms with Gasteiger partial charge in [0.15, 0.2) is 5.71 Å². The molecule has 0 amide bonds. The molecule has 2 aromatic carbocycles. The largest absolute Gasteiger partial charge is 0.347 e. The highest BCUT2D eigenvalue weighted by molar-refractivity contribution is 6.34. The summed E-state index contributed by atoms with van der Waals surface area (Å²) in [6.07, 6.45) is 4.65. The molecule has 3 aliphatic rings. The monoisotopic (exact) mass is 655 g/mol. The summed E-state index contributed by atoms with van der Waals surface area (Å²) in [6.45, 7) is 11.4. The summed E-state index contributed by atoms with van der Waals surface area (Å²) in [6, 6.07) is 10.4. The average molecular weight is 656 g/mol. The van der Waals surface area contributed by atoms with Crippen LogP contribution in [0, 0.1) is 71.9 Å². The Balaban J connectivity index is 1.76. The Morgan fingerprint density at radius 3 is 1.53 bits per heavy atom. The maximum Gasteiger partial charge on any atom is 0.297 e. The van der Waals surface area contributed by atoms with Crippen LogP contribution in [-0.2, 0) is 0 Å². The molecule has 0 saturated carbocycles. The molecule has 0 fully saturated rings. The van der Waals surface area contributed by atoms with E-state index in [-0.39, 0.29) is 49.8 Å². The predicted octanol–water partition coefficient (Wildman–Crippen LogP) is 3.96. The van der Waals surface area contributed by atoms with Crippen molar-refractivity contribution in [2.75, 3.05) is 0 Å². The number of benzene rings is 2. The van der Waals surface area contributed by atoms with Crippen molar-refractivity contribution in [2.24, 2.45) is 9.98 Å². The second kappa shape index (κ2) is 11.0. The van der Waals surface area contributed by atoms with Crippen molar-refractivity contribution in [3.05, 3.63) is 157 Å². The van der Waals surface area contributed by atoms with Gasteiger partial charge in [0.2, 0.25) is 0 Å². The van der Waals surface area contributed by atoms with Crippen LogP contribution >= 0.6 is 0 Å². The van der Waals surface area contributed by atoms with E-state index >= 15 is 0 Å². The maximum atomic E-state index is 12.7. The van der Waals surface area contributed by atoms with Gasteiger partial charge in [0, 0.05) is 29.4 Å². The second-order valence-corrected chi connectivity index (χ2v) is 12.5. The van der Waals surface area contributed by atoms with Crippen LogP contribution in [0.4, 0.5) is 11.4 Å². The van der Waals surface area contributed by atoms with Gasteiger partial charge in [0.05, 0.1) is 42.6 Å². The lowest BCUT2D eigenvalue weighted by molar-refractivity contribution is -0.414. The lowest BCUT2D eigenvalue weighted by Gasteiger charge is -2.14. The summed E-state index contributed by atoms with van der Waals surface area (Å²) in [5, 5.41) is 38.6. The molecule has 13 nitrogen and oxygen atoms in total. The molecule has 0 aliphatic carbocycles. The van der Waals surface area contributed by atoms with Crippen molar-refractivity contribution in [3.8, 4) is 0 Å². The standard InChI is InChI=1S/C36H29N7O6/c1-16-9-18(3)30(19(4)10-16)32-23-8-7-22(37-23)24-13-28(42(46)47)35(38-24)33(31-20(5)11-17(2)12-21(31)6)36-29(43(48)49)15-26(40-36)25-14-27(41(44)45)34(32)39-25/h7-15,38-39H,1-6H3. The Labute approximate surface area is 277 Å². The molecular weight excluding hydrogens is 626 g/mol. The number of nitro groups is 3. The van der Waals surface area contributed by atoms with Crippen molar-refractivity contribution in [3.63, 3.8) is 0 Å². The van der Waals surface area contributed by atoms with Crippen LogP contribution in [0.2, 0.25) is 0 Å². The number of rotatable bonds is 5. The van der Waals surface area contributed by atoms with E-state index in [4.69, 9.17) is 9.98 Å². The van der Waals surface area contributed by atoms with Gasteiger partial charge in [-0.05, 0) is 87.1 Å². The molecule has 4 aromatic rings. The molecule has 13 heteroatoms. The molecule has 0 radical (unpaired) electrons. The van der Waals surface area contributed by atoms with Crippen LogP contribution in [0.25, 0.3) is 22.5 Å². The zero-order valence-corrected chi connectivity index (χ0v) is 27.4. The molecule has 244 valence electrons. The number of nitrogens with one attached hydrogen (secondary N) is 2. The van der Waals surface area contributed by atoms with Crippen LogP contribution in [-0.4, -0.2) is 36.2 Å². The van der Waals surface area contributed by atoms with Gasteiger partial charge >= 0.3 is 0 Å². The van der Waals surface area contributed by atoms with Gasteiger partial charge in [-0.15, -0.1) is 0 Å². The summed E-state index contributed by atoms with van der Waals surface area (Å²) in [7, 11) is 0. The molecule has 0 unspecified atom stereocenters. The van der Waals surface area contributed by atoms with Gasteiger partial charge in [-0.25, -0.2) is 9.98 Å². The van der Waals surface area contributed by atoms with Gasteiger partial charge < -0.3 is 9.97 Å². The predicted molar refractivity (Wildman–Crippen MR) is 186 cm³/mol. The first-order chi connectivity index (χ1) is 23.2. The van der Waals surface area contributed by atoms with Crippen LogP contribution in [0.5, 0.6) is 0 Å². The maximum absolute atomic E-state index is 12.7. The first-order valence-corrected chi connectivity index (χ1v) is 15.4. The van der Waals surface area contributed by atoms with E-state index in [1.807, 2.05) is 65.8 Å². The summed E-state index contributed by atoms with van der Waals surface area (Å²) in [4.78, 5) is 52.3. The van der Waals surface area contributed by atoms with E-state index < -0.39 is 20.5 Å². The molecule has 3 aliphatic heterocycles. The normalized spacial score (nSPS) is 14.9. The number of aliphatic imine (C=N–C) groups is 2. The Morgan fingerprint density at radius 1 is 0.571 bits per heavy atom. The number of fused-ring (bicyclic) bond motifs is 6. The molecule has 49 heavy (non-hydrogen) atoms. The van der Waals surface area contributed by atoms with Crippen LogP contribution in [0.15, 0.2) is 70.3 Å². The van der Waals surface area contributed by atoms with Crippen molar-refractivity contribution in [1.82, 2.24) is 9.97 Å². The lowest BCUT2D eigenvalue weighted by atomic mass is 9.90.